The van der Waals surface area contributed by atoms with E-state index in [0.717, 1.165) is 0 Å². The number of carbonyl (C=O) groups is 1. The molecule has 0 aliphatic heterocycles. The zero-order valence-electron chi connectivity index (χ0n) is 6.84. The first-order chi connectivity index (χ1) is 5.72. The van der Waals surface area contributed by atoms with Gasteiger partial charge in [-0.15, -0.1) is 0 Å². The lowest BCUT2D eigenvalue weighted by molar-refractivity contribution is -0.111. The molecule has 0 fully saturated rings. The minimum absolute atomic E-state index is 0.384. The van der Waals surface area contributed by atoms with Crippen molar-refractivity contribution in [2.45, 2.75) is 13.8 Å². The average molecular weight is 164 g/mol. The number of nitrogens with one attached hydrogen (secondary N) is 1. The van der Waals surface area contributed by atoms with Gasteiger partial charge in [0.15, 0.2) is 5.82 Å². The molecule has 0 spiro atoms. The van der Waals surface area contributed by atoms with Crippen LogP contribution in [0.5, 0.6) is 0 Å². The maximum absolute atomic E-state index is 10.9. The second-order valence-electron chi connectivity index (χ2n) is 2.15. The average Bonchev–Trinajstić information content (AvgIpc) is 2.36. The molecule has 0 unspecified atom stereocenters. The number of aryl methyl sites for hydroxylation is 1. The molecule has 4 nitrogen and oxygen atoms in total. The Hall–Kier alpha value is -1.76. The Bertz CT molecular complexity index is 343. The van der Waals surface area contributed by atoms with E-state index in [1.54, 1.807) is 19.9 Å². The maximum atomic E-state index is 10.9. The van der Waals surface area contributed by atoms with E-state index in [9.17, 15) is 4.79 Å². The lowest BCUT2D eigenvalue weighted by Crippen LogP contribution is -2.08. The third-order valence-corrected chi connectivity index (χ3v) is 1.11. The number of carbonyl (C=O) groups excluding carboxylic acids is 1. The van der Waals surface area contributed by atoms with Crippen LogP contribution in [0.4, 0.5) is 5.82 Å². The van der Waals surface area contributed by atoms with Gasteiger partial charge in [-0.2, -0.15) is 0 Å². The van der Waals surface area contributed by atoms with Gasteiger partial charge in [0.05, 0.1) is 0 Å². The fraction of sp³-hybridized carbons (Fsp3) is 0.250. The van der Waals surface area contributed by atoms with Crippen LogP contribution in [-0.4, -0.2) is 11.1 Å². The monoisotopic (exact) mass is 164 g/mol. The molecule has 62 valence electrons. The van der Waals surface area contributed by atoms with E-state index in [1.807, 2.05) is 0 Å². The van der Waals surface area contributed by atoms with E-state index < -0.39 is 0 Å². The summed E-state index contributed by atoms with van der Waals surface area (Å²) < 4.78 is 4.73. The van der Waals surface area contributed by atoms with E-state index in [1.165, 1.54) is 0 Å². The number of anilines is 1. The van der Waals surface area contributed by atoms with Crippen LogP contribution in [0.3, 0.4) is 0 Å². The molecule has 0 atom stereocenters. The van der Waals surface area contributed by atoms with Gasteiger partial charge in [0.1, 0.15) is 5.76 Å². The van der Waals surface area contributed by atoms with Crippen molar-refractivity contribution in [1.82, 2.24) is 5.16 Å². The normalized spacial score (nSPS) is 8.50. The smallest absolute Gasteiger partial charge is 0.301 e. The number of rotatable bonds is 1. The Labute approximate surface area is 69.9 Å². The van der Waals surface area contributed by atoms with Crippen molar-refractivity contribution >= 4 is 11.7 Å². The molecule has 12 heavy (non-hydrogen) atoms. The SMILES string of the molecule is CC#CC(=O)Nc1cc(C)on1. The number of nitrogens with zero attached hydrogens (tertiary/aromatic N) is 1. The van der Waals surface area contributed by atoms with Gasteiger partial charge >= 0.3 is 5.91 Å². The van der Waals surface area contributed by atoms with Crippen LogP contribution < -0.4 is 5.32 Å². The first-order valence-corrected chi connectivity index (χ1v) is 3.39. The molecule has 0 radical (unpaired) electrons. The Kier molecular flexibility index (Phi) is 2.49. The first-order valence-electron chi connectivity index (χ1n) is 3.39. The molecule has 1 heterocycles. The van der Waals surface area contributed by atoms with Gasteiger partial charge in [0.2, 0.25) is 0 Å². The Morgan fingerprint density at radius 1 is 1.75 bits per heavy atom. The molecule has 1 amide bonds. The molecular formula is C8H8N2O2. The minimum atomic E-state index is -0.384. The zero-order chi connectivity index (χ0) is 8.97. The highest BCUT2D eigenvalue weighted by atomic mass is 16.5. The third kappa shape index (κ3) is 2.13. The lowest BCUT2D eigenvalue weighted by Gasteiger charge is -1.89. The van der Waals surface area contributed by atoms with Gasteiger partial charge in [-0.3, -0.25) is 10.1 Å². The number of aromatic nitrogens is 1. The standard InChI is InChI=1S/C8H8N2O2/c1-3-4-8(11)9-7-5-6(2)12-10-7/h5H,1-2H3,(H,9,10,11). The van der Waals surface area contributed by atoms with E-state index in [-0.39, 0.29) is 5.91 Å². The third-order valence-electron chi connectivity index (χ3n) is 1.11. The van der Waals surface area contributed by atoms with Crippen molar-refractivity contribution in [3.8, 4) is 11.8 Å². The summed E-state index contributed by atoms with van der Waals surface area (Å²) in [4.78, 5) is 10.9. The molecule has 0 aliphatic carbocycles. The summed E-state index contributed by atoms with van der Waals surface area (Å²) >= 11 is 0. The highest BCUT2D eigenvalue weighted by molar-refractivity contribution is 6.03. The molecule has 1 aromatic heterocycles. The van der Waals surface area contributed by atoms with Crippen LogP contribution in [0.25, 0.3) is 0 Å². The fourth-order valence-electron chi connectivity index (χ4n) is 0.686. The lowest BCUT2D eigenvalue weighted by atomic mass is 10.5. The van der Waals surface area contributed by atoms with E-state index in [2.05, 4.69) is 22.3 Å². The van der Waals surface area contributed by atoms with Crippen LogP contribution in [0.2, 0.25) is 0 Å². The van der Waals surface area contributed by atoms with Crippen molar-refractivity contribution in [3.05, 3.63) is 11.8 Å². The highest BCUT2D eigenvalue weighted by Gasteiger charge is 2.01. The maximum Gasteiger partial charge on any atom is 0.301 e. The Morgan fingerprint density at radius 2 is 2.50 bits per heavy atom. The molecule has 0 aromatic carbocycles. The minimum Gasteiger partial charge on any atom is -0.360 e. The van der Waals surface area contributed by atoms with Gasteiger partial charge in [0.25, 0.3) is 0 Å². The van der Waals surface area contributed by atoms with Gasteiger partial charge in [-0.1, -0.05) is 11.1 Å². The van der Waals surface area contributed by atoms with Crippen molar-refractivity contribution in [2.24, 2.45) is 0 Å². The molecule has 0 aliphatic rings. The summed E-state index contributed by atoms with van der Waals surface area (Å²) in [6, 6.07) is 1.62. The summed E-state index contributed by atoms with van der Waals surface area (Å²) in [5.74, 6) is 5.45. The summed E-state index contributed by atoms with van der Waals surface area (Å²) in [6.07, 6.45) is 0. The quantitative estimate of drug-likeness (QED) is 0.628. The second-order valence-corrected chi connectivity index (χ2v) is 2.15. The summed E-state index contributed by atoms with van der Waals surface area (Å²) in [5, 5.41) is 6.01. The number of hydrogen-bond donors (Lipinski definition) is 1. The second kappa shape index (κ2) is 3.58. The van der Waals surface area contributed by atoms with Crippen molar-refractivity contribution < 1.29 is 9.32 Å². The molecule has 0 bridgehead atoms. The Morgan fingerprint density at radius 3 is 3.00 bits per heavy atom. The van der Waals surface area contributed by atoms with Crippen LogP contribution >= 0.6 is 0 Å². The topological polar surface area (TPSA) is 55.1 Å². The molecule has 0 saturated heterocycles. The van der Waals surface area contributed by atoms with Crippen LogP contribution in [0.15, 0.2) is 10.6 Å². The van der Waals surface area contributed by atoms with Crippen LogP contribution in [0, 0.1) is 18.8 Å². The predicted molar refractivity (Wildman–Crippen MR) is 43.3 cm³/mol. The molecule has 1 rings (SSSR count). The van der Waals surface area contributed by atoms with E-state index in [0.29, 0.717) is 11.6 Å². The molecule has 1 aromatic rings. The first kappa shape index (κ1) is 8.34. The van der Waals surface area contributed by atoms with Gasteiger partial charge in [-0.05, 0) is 19.8 Å². The Balaban J connectivity index is 2.62. The van der Waals surface area contributed by atoms with E-state index >= 15 is 0 Å². The molecule has 4 heteroatoms. The molecule has 0 saturated carbocycles. The van der Waals surface area contributed by atoms with Crippen molar-refractivity contribution in [3.63, 3.8) is 0 Å². The number of amides is 1. The molecular weight excluding hydrogens is 156 g/mol. The number of hydrogen-bond acceptors (Lipinski definition) is 3. The fourth-order valence-corrected chi connectivity index (χ4v) is 0.686. The molecule has 1 N–H and O–H groups in total. The summed E-state index contributed by atoms with van der Waals surface area (Å²) in [5.41, 5.74) is 0. The summed E-state index contributed by atoms with van der Waals surface area (Å²) in [7, 11) is 0. The summed E-state index contributed by atoms with van der Waals surface area (Å²) in [6.45, 7) is 3.34. The van der Waals surface area contributed by atoms with Crippen molar-refractivity contribution in [1.29, 1.82) is 0 Å². The predicted octanol–water partition coefficient (Wildman–Crippen LogP) is 0.945. The highest BCUT2D eigenvalue weighted by Crippen LogP contribution is 2.05. The van der Waals surface area contributed by atoms with E-state index in [4.69, 9.17) is 4.52 Å². The zero-order valence-corrected chi connectivity index (χ0v) is 6.84. The van der Waals surface area contributed by atoms with Crippen LogP contribution in [-0.2, 0) is 4.79 Å². The largest absolute Gasteiger partial charge is 0.360 e. The van der Waals surface area contributed by atoms with Gasteiger partial charge in [-0.25, -0.2) is 0 Å². The van der Waals surface area contributed by atoms with Crippen molar-refractivity contribution in [2.75, 3.05) is 5.32 Å². The van der Waals surface area contributed by atoms with Gasteiger partial charge < -0.3 is 4.52 Å². The van der Waals surface area contributed by atoms with Crippen LogP contribution in [0.1, 0.15) is 12.7 Å². The van der Waals surface area contributed by atoms with Gasteiger partial charge in [0, 0.05) is 6.07 Å².